The van der Waals surface area contributed by atoms with E-state index < -0.39 is 11.5 Å². The summed E-state index contributed by atoms with van der Waals surface area (Å²) in [6.07, 6.45) is 0. The van der Waals surface area contributed by atoms with Crippen LogP contribution in [-0.2, 0) is 5.60 Å². The van der Waals surface area contributed by atoms with E-state index in [2.05, 4.69) is 20.9 Å². The van der Waals surface area contributed by atoms with Gasteiger partial charge in [0.2, 0.25) is 5.91 Å². The van der Waals surface area contributed by atoms with Crippen molar-refractivity contribution in [3.8, 4) is 0 Å². The number of aromatic nitrogens is 1. The van der Waals surface area contributed by atoms with Crippen molar-refractivity contribution in [1.82, 2.24) is 4.98 Å². The molecule has 4 N–H and O–H groups in total. The highest BCUT2D eigenvalue weighted by Gasteiger charge is 2.19. The summed E-state index contributed by atoms with van der Waals surface area (Å²) in [7, 11) is 0. The number of carbonyl (C=O) groups excluding carboxylic acids is 1. The molecule has 0 aliphatic heterocycles. The van der Waals surface area contributed by atoms with Crippen LogP contribution in [0, 0.1) is 0 Å². The third-order valence-electron chi connectivity index (χ3n) is 3.63. The molecule has 3 aromatic rings. The van der Waals surface area contributed by atoms with Gasteiger partial charge in [0.15, 0.2) is 0 Å². The van der Waals surface area contributed by atoms with Crippen molar-refractivity contribution >= 4 is 43.6 Å². The van der Waals surface area contributed by atoms with Gasteiger partial charge in [-0.2, -0.15) is 0 Å². The molecule has 0 spiro atoms. The number of H-pyrrole nitrogens is 1. The van der Waals surface area contributed by atoms with Crippen LogP contribution in [0.5, 0.6) is 0 Å². The predicted octanol–water partition coefficient (Wildman–Crippen LogP) is 3.41. The summed E-state index contributed by atoms with van der Waals surface area (Å²) in [5, 5.41) is 11.8. The third kappa shape index (κ3) is 2.32. The number of nitrogens with two attached hydrogens (primary N) is 1. The molecule has 0 unspecified atom stereocenters. The van der Waals surface area contributed by atoms with E-state index in [1.807, 2.05) is 24.3 Å². The molecular formula is C16H15BrN2O2. The molecular weight excluding hydrogens is 332 g/mol. The highest BCUT2D eigenvalue weighted by Crippen LogP contribution is 2.33. The van der Waals surface area contributed by atoms with Crippen molar-refractivity contribution in [3.05, 3.63) is 45.9 Å². The van der Waals surface area contributed by atoms with Gasteiger partial charge in [-0.3, -0.25) is 4.79 Å². The van der Waals surface area contributed by atoms with E-state index in [0.29, 0.717) is 5.56 Å². The average Bonchev–Trinajstić information content (AvgIpc) is 2.73. The first-order chi connectivity index (χ1) is 9.77. The van der Waals surface area contributed by atoms with Gasteiger partial charge in [-0.15, -0.1) is 0 Å². The standard InChI is InChI=1S/C16H15BrN2O2/c1-16(2,21)8-3-4-10-12(5-8)19-13-7-9(17)6-11(14(10)13)15(18)20/h3-7,19,21H,1-2H3,(H2,18,20). The SMILES string of the molecule is CC(C)(O)c1ccc2c(c1)[nH]c1cc(Br)cc(C(N)=O)c12. The molecule has 4 nitrogen and oxygen atoms in total. The number of carbonyl (C=O) groups is 1. The van der Waals surface area contributed by atoms with Crippen LogP contribution in [-0.4, -0.2) is 16.0 Å². The molecule has 0 saturated carbocycles. The quantitative estimate of drug-likeness (QED) is 0.664. The first-order valence-electron chi connectivity index (χ1n) is 6.55. The first kappa shape index (κ1) is 14.1. The lowest BCUT2D eigenvalue weighted by Gasteiger charge is -2.17. The summed E-state index contributed by atoms with van der Waals surface area (Å²) in [6, 6.07) is 9.30. The van der Waals surface area contributed by atoms with Crippen molar-refractivity contribution in [2.75, 3.05) is 0 Å². The maximum atomic E-state index is 11.7. The molecule has 1 heterocycles. The number of amides is 1. The summed E-state index contributed by atoms with van der Waals surface area (Å²) in [6.45, 7) is 3.48. The van der Waals surface area contributed by atoms with Crippen molar-refractivity contribution in [2.45, 2.75) is 19.4 Å². The van der Waals surface area contributed by atoms with Gasteiger partial charge in [0.1, 0.15) is 0 Å². The molecule has 21 heavy (non-hydrogen) atoms. The van der Waals surface area contributed by atoms with Gasteiger partial charge in [0.25, 0.3) is 0 Å². The van der Waals surface area contributed by atoms with Gasteiger partial charge >= 0.3 is 0 Å². The average molecular weight is 347 g/mol. The molecule has 0 fully saturated rings. The molecule has 0 aliphatic rings. The maximum absolute atomic E-state index is 11.7. The van der Waals surface area contributed by atoms with Crippen molar-refractivity contribution in [3.63, 3.8) is 0 Å². The van der Waals surface area contributed by atoms with Crippen molar-refractivity contribution in [1.29, 1.82) is 0 Å². The Kier molecular flexibility index (Phi) is 3.07. The normalized spacial score (nSPS) is 12.2. The van der Waals surface area contributed by atoms with E-state index in [9.17, 15) is 9.90 Å². The molecule has 0 radical (unpaired) electrons. The van der Waals surface area contributed by atoms with Crippen LogP contribution in [0.1, 0.15) is 29.8 Å². The fourth-order valence-corrected chi connectivity index (χ4v) is 3.04. The molecule has 5 heteroatoms. The number of halogens is 1. The molecule has 2 aromatic carbocycles. The summed E-state index contributed by atoms with van der Waals surface area (Å²) in [4.78, 5) is 15.0. The van der Waals surface area contributed by atoms with Gasteiger partial charge in [-0.25, -0.2) is 0 Å². The smallest absolute Gasteiger partial charge is 0.249 e. The predicted molar refractivity (Wildman–Crippen MR) is 87.3 cm³/mol. The Morgan fingerprint density at radius 2 is 1.95 bits per heavy atom. The monoisotopic (exact) mass is 346 g/mol. The Morgan fingerprint density at radius 3 is 2.57 bits per heavy atom. The highest BCUT2D eigenvalue weighted by molar-refractivity contribution is 9.10. The zero-order chi connectivity index (χ0) is 15.4. The zero-order valence-corrected chi connectivity index (χ0v) is 13.3. The number of hydrogen-bond donors (Lipinski definition) is 3. The van der Waals surface area contributed by atoms with Gasteiger partial charge in [0, 0.05) is 26.3 Å². The lowest BCUT2D eigenvalue weighted by molar-refractivity contribution is 0.0787. The van der Waals surface area contributed by atoms with Crippen molar-refractivity contribution in [2.24, 2.45) is 5.73 Å². The number of rotatable bonds is 2. The first-order valence-corrected chi connectivity index (χ1v) is 7.34. The van der Waals surface area contributed by atoms with Crippen LogP contribution in [0.25, 0.3) is 21.8 Å². The van der Waals surface area contributed by atoms with Gasteiger partial charge in [0.05, 0.1) is 11.2 Å². The second-order valence-electron chi connectivity index (χ2n) is 5.68. The highest BCUT2D eigenvalue weighted by atomic mass is 79.9. The van der Waals surface area contributed by atoms with Crippen LogP contribution >= 0.6 is 15.9 Å². The third-order valence-corrected chi connectivity index (χ3v) is 4.09. The number of aromatic amines is 1. The summed E-state index contributed by atoms with van der Waals surface area (Å²) < 4.78 is 0.790. The molecule has 0 aliphatic carbocycles. The Labute approximate surface area is 130 Å². The van der Waals surface area contributed by atoms with Gasteiger partial charge in [-0.05, 0) is 37.6 Å². The molecule has 0 atom stereocenters. The van der Waals surface area contributed by atoms with E-state index in [1.54, 1.807) is 19.9 Å². The second kappa shape index (κ2) is 4.58. The fourth-order valence-electron chi connectivity index (χ4n) is 2.58. The molecule has 1 aromatic heterocycles. The fraction of sp³-hybridized carbons (Fsp3) is 0.188. The maximum Gasteiger partial charge on any atom is 0.249 e. The van der Waals surface area contributed by atoms with E-state index in [0.717, 1.165) is 31.8 Å². The molecule has 3 rings (SSSR count). The van der Waals surface area contributed by atoms with Crippen molar-refractivity contribution < 1.29 is 9.90 Å². The van der Waals surface area contributed by atoms with Gasteiger partial charge < -0.3 is 15.8 Å². The van der Waals surface area contributed by atoms with E-state index in [1.165, 1.54) is 0 Å². The van der Waals surface area contributed by atoms with Gasteiger partial charge in [-0.1, -0.05) is 28.1 Å². The topological polar surface area (TPSA) is 79.1 Å². The second-order valence-corrected chi connectivity index (χ2v) is 6.60. The number of nitrogens with one attached hydrogen (secondary N) is 1. The minimum atomic E-state index is -0.918. The minimum absolute atomic E-state index is 0.464. The zero-order valence-electron chi connectivity index (χ0n) is 11.7. The number of aliphatic hydroxyl groups is 1. The van der Waals surface area contributed by atoms with E-state index in [4.69, 9.17) is 5.73 Å². The Bertz CT molecular complexity index is 875. The number of fused-ring (bicyclic) bond motifs is 3. The molecule has 0 bridgehead atoms. The number of primary amides is 1. The largest absolute Gasteiger partial charge is 0.386 e. The lowest BCUT2D eigenvalue weighted by atomic mass is 9.96. The lowest BCUT2D eigenvalue weighted by Crippen LogP contribution is -2.15. The van der Waals surface area contributed by atoms with Crippen LogP contribution in [0.4, 0.5) is 0 Å². The molecule has 0 saturated heterocycles. The summed E-state index contributed by atoms with van der Waals surface area (Å²) in [5.41, 5.74) is 7.55. The van der Waals surface area contributed by atoms with E-state index in [-0.39, 0.29) is 0 Å². The Balaban J connectivity index is 2.41. The number of benzene rings is 2. The Hall–Kier alpha value is -1.85. The van der Waals surface area contributed by atoms with E-state index >= 15 is 0 Å². The van der Waals surface area contributed by atoms with Crippen LogP contribution < -0.4 is 5.73 Å². The Morgan fingerprint density at radius 1 is 1.24 bits per heavy atom. The number of hydrogen-bond acceptors (Lipinski definition) is 2. The minimum Gasteiger partial charge on any atom is -0.386 e. The summed E-state index contributed by atoms with van der Waals surface area (Å²) >= 11 is 3.39. The summed E-state index contributed by atoms with van der Waals surface area (Å²) in [5.74, 6) is -0.464. The molecule has 1 amide bonds. The van der Waals surface area contributed by atoms with Crippen LogP contribution in [0.15, 0.2) is 34.8 Å². The molecule has 108 valence electrons. The van der Waals surface area contributed by atoms with Crippen LogP contribution in [0.2, 0.25) is 0 Å². The van der Waals surface area contributed by atoms with Crippen LogP contribution in [0.3, 0.4) is 0 Å².